The third kappa shape index (κ3) is 4.30. The summed E-state index contributed by atoms with van der Waals surface area (Å²) in [5.74, 6) is 0. The van der Waals surface area contributed by atoms with Gasteiger partial charge in [0, 0.05) is 39.5 Å². The van der Waals surface area contributed by atoms with E-state index in [9.17, 15) is 5.11 Å². The van der Waals surface area contributed by atoms with Gasteiger partial charge in [-0.1, -0.05) is 0 Å². The molecule has 7 nitrogen and oxygen atoms in total. The predicted molar refractivity (Wildman–Crippen MR) is 86.2 cm³/mol. The van der Waals surface area contributed by atoms with Gasteiger partial charge in [-0.25, -0.2) is 4.98 Å². The van der Waals surface area contributed by atoms with Crippen molar-refractivity contribution in [2.45, 2.75) is 31.7 Å². The highest BCUT2D eigenvalue weighted by molar-refractivity contribution is 4.99. The van der Waals surface area contributed by atoms with E-state index in [1.165, 1.54) is 5.69 Å². The van der Waals surface area contributed by atoms with Gasteiger partial charge in [0.1, 0.15) is 0 Å². The molecule has 0 bridgehead atoms. The molecule has 1 aromatic rings. The Morgan fingerprint density at radius 3 is 3.00 bits per heavy atom. The van der Waals surface area contributed by atoms with E-state index in [1.807, 2.05) is 12.5 Å². The lowest BCUT2D eigenvalue weighted by Crippen LogP contribution is -2.44. The van der Waals surface area contributed by atoms with Crippen LogP contribution in [0.2, 0.25) is 0 Å². The molecule has 0 saturated carbocycles. The minimum absolute atomic E-state index is 0.169. The first kappa shape index (κ1) is 16.9. The molecule has 1 N–H and O–H groups in total. The molecule has 0 radical (unpaired) electrons. The van der Waals surface area contributed by atoms with Gasteiger partial charge in [0.15, 0.2) is 0 Å². The first-order valence-corrected chi connectivity index (χ1v) is 8.48. The van der Waals surface area contributed by atoms with Gasteiger partial charge < -0.3 is 19.1 Å². The average molecular weight is 324 g/mol. The van der Waals surface area contributed by atoms with Crippen LogP contribution in [-0.2, 0) is 22.6 Å². The molecular formula is C16H28N4O3. The Kier molecular flexibility index (Phi) is 6.02. The maximum absolute atomic E-state index is 10.0. The van der Waals surface area contributed by atoms with Crippen LogP contribution in [0.25, 0.3) is 0 Å². The van der Waals surface area contributed by atoms with Crippen molar-refractivity contribution in [2.24, 2.45) is 0 Å². The van der Waals surface area contributed by atoms with Crippen LogP contribution >= 0.6 is 0 Å². The molecule has 1 aromatic heterocycles. The molecule has 0 amide bonds. The van der Waals surface area contributed by atoms with Crippen LogP contribution < -0.4 is 0 Å². The molecule has 2 saturated heterocycles. The zero-order valence-corrected chi connectivity index (χ0v) is 13.9. The summed E-state index contributed by atoms with van der Waals surface area (Å²) in [6, 6.07) is 0.169. The number of aliphatic hydroxyl groups is 1. The van der Waals surface area contributed by atoms with Crippen LogP contribution in [0, 0.1) is 0 Å². The number of nitrogens with zero attached hydrogens (tertiary/aromatic N) is 4. The van der Waals surface area contributed by atoms with Gasteiger partial charge in [-0.05, 0) is 19.5 Å². The monoisotopic (exact) mass is 324 g/mol. The lowest BCUT2D eigenvalue weighted by molar-refractivity contribution is 0.0836. The van der Waals surface area contributed by atoms with E-state index in [4.69, 9.17) is 9.47 Å². The summed E-state index contributed by atoms with van der Waals surface area (Å²) in [5.41, 5.74) is 1.24. The van der Waals surface area contributed by atoms with Crippen molar-refractivity contribution >= 4 is 0 Å². The van der Waals surface area contributed by atoms with E-state index in [0.29, 0.717) is 19.8 Å². The Bertz CT molecular complexity index is 482. The Balaban J connectivity index is 1.53. The minimum atomic E-state index is -0.336. The maximum atomic E-state index is 10.0. The summed E-state index contributed by atoms with van der Waals surface area (Å²) < 4.78 is 12.7. The summed E-state index contributed by atoms with van der Waals surface area (Å²) in [4.78, 5) is 9.14. The number of hydrogen-bond acceptors (Lipinski definition) is 6. The summed E-state index contributed by atoms with van der Waals surface area (Å²) in [7, 11) is 1.72. The molecule has 7 heteroatoms. The Morgan fingerprint density at radius 1 is 1.30 bits per heavy atom. The van der Waals surface area contributed by atoms with Crippen molar-refractivity contribution in [3.8, 4) is 0 Å². The molecule has 130 valence electrons. The minimum Gasteiger partial charge on any atom is -0.389 e. The highest BCUT2D eigenvalue weighted by Crippen LogP contribution is 2.17. The van der Waals surface area contributed by atoms with Crippen molar-refractivity contribution < 1.29 is 14.6 Å². The number of imidazole rings is 1. The van der Waals surface area contributed by atoms with Crippen molar-refractivity contribution in [1.29, 1.82) is 0 Å². The second-order valence-electron chi connectivity index (χ2n) is 6.41. The second kappa shape index (κ2) is 8.21. The Labute approximate surface area is 137 Å². The molecular weight excluding hydrogens is 296 g/mol. The normalized spacial score (nSPS) is 27.4. The Morgan fingerprint density at radius 2 is 2.22 bits per heavy atom. The van der Waals surface area contributed by atoms with E-state index < -0.39 is 0 Å². The van der Waals surface area contributed by atoms with Gasteiger partial charge in [-0.2, -0.15) is 0 Å². The second-order valence-corrected chi connectivity index (χ2v) is 6.41. The van der Waals surface area contributed by atoms with E-state index in [0.717, 1.165) is 45.7 Å². The molecule has 0 unspecified atom stereocenters. The quantitative estimate of drug-likeness (QED) is 0.782. The third-order valence-corrected chi connectivity index (χ3v) is 4.83. The van der Waals surface area contributed by atoms with E-state index in [1.54, 1.807) is 7.11 Å². The molecule has 2 aliphatic heterocycles. The SMILES string of the molecule is COCCn1cncc1CN1CCCN([C@@H]2COC[C@H]2O)CC1. The number of aliphatic hydroxyl groups excluding tert-OH is 1. The number of ether oxygens (including phenoxy) is 2. The fraction of sp³-hybridized carbons (Fsp3) is 0.812. The zero-order chi connectivity index (χ0) is 16.1. The fourth-order valence-corrected chi connectivity index (χ4v) is 3.46. The first-order valence-electron chi connectivity index (χ1n) is 8.48. The molecule has 0 aromatic carbocycles. The molecule has 0 spiro atoms. The molecule has 2 atom stereocenters. The van der Waals surface area contributed by atoms with Crippen LogP contribution in [0.1, 0.15) is 12.1 Å². The summed E-state index contributed by atoms with van der Waals surface area (Å²) in [6.07, 6.45) is 4.62. The van der Waals surface area contributed by atoms with Crippen LogP contribution in [0.5, 0.6) is 0 Å². The van der Waals surface area contributed by atoms with Crippen LogP contribution in [-0.4, -0.2) is 89.7 Å². The number of rotatable bonds is 6. The van der Waals surface area contributed by atoms with E-state index in [2.05, 4.69) is 19.4 Å². The summed E-state index contributed by atoms with van der Waals surface area (Å²) in [5, 5.41) is 10.0. The van der Waals surface area contributed by atoms with Gasteiger partial charge in [0.05, 0.1) is 44.0 Å². The summed E-state index contributed by atoms with van der Waals surface area (Å²) >= 11 is 0. The van der Waals surface area contributed by atoms with Crippen molar-refractivity contribution in [1.82, 2.24) is 19.4 Å². The third-order valence-electron chi connectivity index (χ3n) is 4.83. The fourth-order valence-electron chi connectivity index (χ4n) is 3.46. The highest BCUT2D eigenvalue weighted by Gasteiger charge is 2.32. The molecule has 2 fully saturated rings. The van der Waals surface area contributed by atoms with Gasteiger partial charge in [-0.15, -0.1) is 0 Å². The molecule has 2 aliphatic rings. The Hall–Kier alpha value is -0.990. The standard InChI is InChI=1S/C16H28N4O3/c1-22-8-7-20-13-17-9-14(20)10-18-3-2-4-19(6-5-18)15-11-23-12-16(15)21/h9,13,15-16,21H,2-8,10-12H2,1H3/t15-,16-/m1/s1. The zero-order valence-electron chi connectivity index (χ0n) is 13.9. The van der Waals surface area contributed by atoms with Crippen molar-refractivity contribution in [2.75, 3.05) is 53.1 Å². The predicted octanol–water partition coefficient (Wildman–Crippen LogP) is -0.203. The van der Waals surface area contributed by atoms with Gasteiger partial charge in [-0.3, -0.25) is 9.80 Å². The lowest BCUT2D eigenvalue weighted by Gasteiger charge is -2.28. The van der Waals surface area contributed by atoms with Gasteiger partial charge in [0.25, 0.3) is 0 Å². The topological polar surface area (TPSA) is 63.0 Å². The van der Waals surface area contributed by atoms with E-state index >= 15 is 0 Å². The van der Waals surface area contributed by atoms with Gasteiger partial charge in [0.2, 0.25) is 0 Å². The lowest BCUT2D eigenvalue weighted by atomic mass is 10.2. The van der Waals surface area contributed by atoms with Crippen molar-refractivity contribution in [3.05, 3.63) is 18.2 Å². The average Bonchev–Trinajstić information content (AvgIpc) is 3.10. The molecule has 0 aliphatic carbocycles. The van der Waals surface area contributed by atoms with E-state index in [-0.39, 0.29) is 12.1 Å². The molecule has 3 rings (SSSR count). The molecule has 3 heterocycles. The smallest absolute Gasteiger partial charge is 0.0950 e. The number of methoxy groups -OCH3 is 1. The van der Waals surface area contributed by atoms with Crippen LogP contribution in [0.15, 0.2) is 12.5 Å². The van der Waals surface area contributed by atoms with Crippen LogP contribution in [0.4, 0.5) is 0 Å². The summed E-state index contributed by atoms with van der Waals surface area (Å²) in [6.45, 7) is 7.71. The van der Waals surface area contributed by atoms with Crippen LogP contribution in [0.3, 0.4) is 0 Å². The highest BCUT2D eigenvalue weighted by atomic mass is 16.5. The van der Waals surface area contributed by atoms with Crippen molar-refractivity contribution in [3.63, 3.8) is 0 Å². The van der Waals surface area contributed by atoms with Gasteiger partial charge >= 0.3 is 0 Å². The number of hydrogen-bond donors (Lipinski definition) is 1. The number of aromatic nitrogens is 2. The largest absolute Gasteiger partial charge is 0.389 e. The maximum Gasteiger partial charge on any atom is 0.0950 e. The first-order chi connectivity index (χ1) is 11.3. The molecule has 23 heavy (non-hydrogen) atoms.